The molecule has 0 fully saturated rings. The highest BCUT2D eigenvalue weighted by Gasteiger charge is 2.19. The molecule has 8 nitrogen and oxygen atoms in total. The summed E-state index contributed by atoms with van der Waals surface area (Å²) >= 11 is 6.22. The lowest BCUT2D eigenvalue weighted by molar-refractivity contribution is -0.116. The number of anilines is 2. The van der Waals surface area contributed by atoms with Crippen molar-refractivity contribution in [3.05, 3.63) is 41.4 Å². The quantitative estimate of drug-likeness (QED) is 0.503. The Morgan fingerprint density at radius 3 is 2.50 bits per heavy atom. The molecule has 2 aromatic carbocycles. The highest BCUT2D eigenvalue weighted by molar-refractivity contribution is 7.89. The Bertz CT molecular complexity index is 1060. The van der Waals surface area contributed by atoms with Crippen molar-refractivity contribution in [2.45, 2.75) is 30.6 Å². The number of unbranched alkanes of at least 4 members (excludes halogenated alkanes) is 2. The van der Waals surface area contributed by atoms with Crippen LogP contribution in [0, 0.1) is 0 Å². The van der Waals surface area contributed by atoms with Gasteiger partial charge in [0.2, 0.25) is 15.9 Å². The third-order valence-electron chi connectivity index (χ3n) is 4.91. The minimum absolute atomic E-state index is 0.101. The van der Waals surface area contributed by atoms with E-state index in [-0.39, 0.29) is 10.8 Å². The molecule has 0 saturated carbocycles. The predicted molar refractivity (Wildman–Crippen MR) is 125 cm³/mol. The summed E-state index contributed by atoms with van der Waals surface area (Å²) in [6.45, 7) is 1.14. The molecule has 0 aromatic heterocycles. The summed E-state index contributed by atoms with van der Waals surface area (Å²) in [4.78, 5) is 14.2. The van der Waals surface area contributed by atoms with Gasteiger partial charge in [0.15, 0.2) is 11.5 Å². The number of carbonyl (C=O) groups excluding carboxylic acids is 1. The second kappa shape index (κ2) is 10.9. The normalized spacial score (nSPS) is 13.0. The van der Waals surface area contributed by atoms with Crippen molar-refractivity contribution in [1.82, 2.24) is 4.72 Å². The van der Waals surface area contributed by atoms with Crippen molar-refractivity contribution in [3.8, 4) is 11.5 Å². The van der Waals surface area contributed by atoms with E-state index in [9.17, 15) is 13.2 Å². The van der Waals surface area contributed by atoms with Gasteiger partial charge in [-0.1, -0.05) is 18.0 Å². The van der Waals surface area contributed by atoms with Gasteiger partial charge in [-0.2, -0.15) is 0 Å². The third kappa shape index (κ3) is 6.51. The van der Waals surface area contributed by atoms with Gasteiger partial charge in [-0.15, -0.1) is 0 Å². The summed E-state index contributed by atoms with van der Waals surface area (Å²) in [5.74, 6) is 0.877. The van der Waals surface area contributed by atoms with Gasteiger partial charge in [0.1, 0.15) is 13.2 Å². The lowest BCUT2D eigenvalue weighted by atomic mass is 10.2. The molecule has 2 aromatic rings. The first-order chi connectivity index (χ1) is 15.3. The van der Waals surface area contributed by atoms with Gasteiger partial charge in [0.05, 0.1) is 15.6 Å². The number of ether oxygens (including phenoxy) is 2. The molecule has 0 spiro atoms. The smallest absolute Gasteiger partial charge is 0.240 e. The van der Waals surface area contributed by atoms with Crippen LogP contribution in [0.15, 0.2) is 41.3 Å². The van der Waals surface area contributed by atoms with Crippen LogP contribution in [0.3, 0.4) is 0 Å². The average Bonchev–Trinajstić information content (AvgIpc) is 2.75. The summed E-state index contributed by atoms with van der Waals surface area (Å²) in [7, 11) is 0.165. The van der Waals surface area contributed by atoms with Crippen LogP contribution in [-0.2, 0) is 14.8 Å². The predicted octanol–water partition coefficient (Wildman–Crippen LogP) is 3.65. The maximum Gasteiger partial charge on any atom is 0.240 e. The molecule has 1 aliphatic rings. The second-order valence-corrected chi connectivity index (χ2v) is 9.80. The van der Waals surface area contributed by atoms with Crippen molar-refractivity contribution >= 4 is 38.9 Å². The van der Waals surface area contributed by atoms with Crippen LogP contribution in [0.1, 0.15) is 25.7 Å². The molecule has 0 bridgehead atoms. The third-order valence-corrected chi connectivity index (χ3v) is 6.67. The van der Waals surface area contributed by atoms with Gasteiger partial charge in [-0.3, -0.25) is 4.79 Å². The van der Waals surface area contributed by atoms with E-state index in [1.54, 1.807) is 12.1 Å². The Kier molecular flexibility index (Phi) is 8.22. The molecule has 3 rings (SSSR count). The van der Waals surface area contributed by atoms with E-state index in [1.807, 2.05) is 31.1 Å². The first-order valence-corrected chi connectivity index (χ1v) is 12.3. The summed E-state index contributed by atoms with van der Waals surface area (Å²) < 4.78 is 38.4. The molecule has 1 amide bonds. The number of hydrogen-bond donors (Lipinski definition) is 2. The van der Waals surface area contributed by atoms with Crippen LogP contribution < -0.4 is 24.4 Å². The fourth-order valence-electron chi connectivity index (χ4n) is 3.24. The maximum absolute atomic E-state index is 12.5. The van der Waals surface area contributed by atoms with Crippen molar-refractivity contribution in [2.75, 3.05) is 44.1 Å². The Hall–Kier alpha value is -2.49. The fourth-order valence-corrected chi connectivity index (χ4v) is 4.68. The number of nitrogens with one attached hydrogen (secondary N) is 2. The van der Waals surface area contributed by atoms with Crippen molar-refractivity contribution in [3.63, 3.8) is 0 Å². The van der Waals surface area contributed by atoms with Crippen molar-refractivity contribution in [1.29, 1.82) is 0 Å². The zero-order valence-corrected chi connectivity index (χ0v) is 19.8. The van der Waals surface area contributed by atoms with Gasteiger partial charge in [0, 0.05) is 38.8 Å². The fraction of sp³-hybridized carbons (Fsp3) is 0.409. The summed E-state index contributed by atoms with van der Waals surface area (Å²) in [5, 5.41) is 3.40. The average molecular weight is 482 g/mol. The molecule has 0 radical (unpaired) electrons. The topological polar surface area (TPSA) is 97.0 Å². The molecular formula is C22H28ClN3O5S. The van der Waals surface area contributed by atoms with Crippen LogP contribution in [0.4, 0.5) is 11.4 Å². The number of amides is 1. The monoisotopic (exact) mass is 481 g/mol. The Balaban J connectivity index is 1.37. The first-order valence-electron chi connectivity index (χ1n) is 10.4. The second-order valence-electron chi connectivity index (χ2n) is 7.62. The molecule has 0 unspecified atom stereocenters. The lowest BCUT2D eigenvalue weighted by Crippen LogP contribution is -2.25. The molecule has 10 heteroatoms. The van der Waals surface area contributed by atoms with E-state index in [0.717, 1.165) is 12.1 Å². The minimum atomic E-state index is -3.63. The molecule has 1 aliphatic heterocycles. The highest BCUT2D eigenvalue weighted by atomic mass is 35.5. The lowest BCUT2D eigenvalue weighted by Gasteiger charge is -2.18. The van der Waals surface area contributed by atoms with Gasteiger partial charge in [-0.25, -0.2) is 13.1 Å². The van der Waals surface area contributed by atoms with E-state index >= 15 is 0 Å². The standard InChI is InChI=1S/C22H28ClN3O5S/c1-26(2)19-9-7-16(14-18(19)23)25-22(27)6-4-3-5-11-24-32(28,29)17-8-10-20-21(15-17)31-13-12-30-20/h7-10,14-15,24H,3-6,11-13H2,1-2H3,(H,25,27). The van der Waals surface area contributed by atoms with Crippen LogP contribution >= 0.6 is 11.6 Å². The number of rotatable bonds is 10. The molecule has 1 heterocycles. The Morgan fingerprint density at radius 2 is 1.78 bits per heavy atom. The number of benzene rings is 2. The van der Waals surface area contributed by atoms with E-state index in [0.29, 0.717) is 61.2 Å². The van der Waals surface area contributed by atoms with E-state index in [2.05, 4.69) is 10.0 Å². The highest BCUT2D eigenvalue weighted by Crippen LogP contribution is 2.32. The summed E-state index contributed by atoms with van der Waals surface area (Å²) in [6, 6.07) is 9.96. The zero-order valence-electron chi connectivity index (χ0n) is 18.2. The number of sulfonamides is 1. The Labute approximate surface area is 193 Å². The molecule has 0 saturated heterocycles. The van der Waals surface area contributed by atoms with Crippen LogP contribution in [0.2, 0.25) is 5.02 Å². The number of halogens is 1. The largest absolute Gasteiger partial charge is 0.486 e. The van der Waals surface area contributed by atoms with Crippen LogP contribution in [-0.4, -0.2) is 48.2 Å². The number of nitrogens with zero attached hydrogens (tertiary/aromatic N) is 1. The van der Waals surface area contributed by atoms with Crippen LogP contribution in [0.25, 0.3) is 0 Å². The molecule has 32 heavy (non-hydrogen) atoms. The number of hydrogen-bond acceptors (Lipinski definition) is 6. The van der Waals surface area contributed by atoms with Gasteiger partial charge >= 0.3 is 0 Å². The maximum atomic E-state index is 12.5. The van der Waals surface area contributed by atoms with Gasteiger partial charge in [0.25, 0.3) is 0 Å². The zero-order chi connectivity index (χ0) is 23.1. The minimum Gasteiger partial charge on any atom is -0.486 e. The summed E-state index contributed by atoms with van der Waals surface area (Å²) in [5.41, 5.74) is 1.53. The first kappa shape index (κ1) is 24.2. The molecule has 0 atom stereocenters. The number of carbonyl (C=O) groups is 1. The molecular weight excluding hydrogens is 454 g/mol. The van der Waals surface area contributed by atoms with E-state index in [4.69, 9.17) is 21.1 Å². The van der Waals surface area contributed by atoms with Gasteiger partial charge in [-0.05, 0) is 43.2 Å². The molecule has 0 aliphatic carbocycles. The SMILES string of the molecule is CN(C)c1ccc(NC(=O)CCCCCNS(=O)(=O)c2ccc3c(c2)OCCO3)cc1Cl. The van der Waals surface area contributed by atoms with Gasteiger partial charge < -0.3 is 19.7 Å². The Morgan fingerprint density at radius 1 is 1.03 bits per heavy atom. The molecule has 2 N–H and O–H groups in total. The van der Waals surface area contributed by atoms with Crippen molar-refractivity contribution in [2.24, 2.45) is 0 Å². The molecule has 174 valence electrons. The van der Waals surface area contributed by atoms with Crippen molar-refractivity contribution < 1.29 is 22.7 Å². The summed E-state index contributed by atoms with van der Waals surface area (Å²) in [6.07, 6.45) is 2.35. The van der Waals surface area contributed by atoms with Crippen LogP contribution in [0.5, 0.6) is 11.5 Å². The van der Waals surface area contributed by atoms with E-state index < -0.39 is 10.0 Å². The van der Waals surface area contributed by atoms with E-state index in [1.165, 1.54) is 12.1 Å². The number of fused-ring (bicyclic) bond motifs is 1.